The number of hydrogen-bond donors (Lipinski definition) is 2. The Balaban J connectivity index is 2.15. The van der Waals surface area contributed by atoms with Crippen molar-refractivity contribution in [3.8, 4) is 5.75 Å². The van der Waals surface area contributed by atoms with Crippen molar-refractivity contribution in [2.75, 3.05) is 19.8 Å². The molecule has 20 heavy (non-hydrogen) atoms. The molecule has 0 saturated heterocycles. The first kappa shape index (κ1) is 16.9. The fourth-order valence-electron chi connectivity index (χ4n) is 1.85. The minimum Gasteiger partial charge on any atom is -0.492 e. The third-order valence-electron chi connectivity index (χ3n) is 2.98. The molecule has 2 N–H and O–H groups in total. The van der Waals surface area contributed by atoms with Gasteiger partial charge in [-0.1, -0.05) is 20.3 Å². The molecule has 0 amide bonds. The molecule has 0 radical (unpaired) electrons. The van der Waals surface area contributed by atoms with E-state index in [1.54, 1.807) is 6.20 Å². The van der Waals surface area contributed by atoms with E-state index in [1.807, 2.05) is 12.1 Å². The summed E-state index contributed by atoms with van der Waals surface area (Å²) in [6.07, 6.45) is 5.88. The van der Waals surface area contributed by atoms with Gasteiger partial charge < -0.3 is 15.2 Å². The Labute approximate surface area is 122 Å². The summed E-state index contributed by atoms with van der Waals surface area (Å²) in [4.78, 5) is 4.38. The SMILES string of the molecule is CC(C)CNCc1ccc(OCCCCCCO)cn1. The Morgan fingerprint density at radius 1 is 1.20 bits per heavy atom. The largest absolute Gasteiger partial charge is 0.492 e. The van der Waals surface area contributed by atoms with Gasteiger partial charge in [0.1, 0.15) is 5.75 Å². The van der Waals surface area contributed by atoms with E-state index < -0.39 is 0 Å². The van der Waals surface area contributed by atoms with E-state index in [4.69, 9.17) is 9.84 Å². The van der Waals surface area contributed by atoms with Crippen LogP contribution in [0.5, 0.6) is 5.75 Å². The van der Waals surface area contributed by atoms with Gasteiger partial charge in [-0.2, -0.15) is 0 Å². The molecule has 4 nitrogen and oxygen atoms in total. The van der Waals surface area contributed by atoms with E-state index in [0.29, 0.717) is 5.92 Å². The summed E-state index contributed by atoms with van der Waals surface area (Å²) in [6, 6.07) is 3.99. The molecule has 0 bridgehead atoms. The molecule has 0 spiro atoms. The number of rotatable bonds is 11. The Kier molecular flexibility index (Phi) is 9.00. The van der Waals surface area contributed by atoms with Crippen molar-refractivity contribution in [3.05, 3.63) is 24.0 Å². The van der Waals surface area contributed by atoms with Crippen LogP contribution in [-0.2, 0) is 6.54 Å². The Hall–Kier alpha value is -1.13. The van der Waals surface area contributed by atoms with Gasteiger partial charge in [0.15, 0.2) is 0 Å². The summed E-state index contributed by atoms with van der Waals surface area (Å²) >= 11 is 0. The van der Waals surface area contributed by atoms with E-state index in [9.17, 15) is 0 Å². The predicted octanol–water partition coefficient (Wildman–Crippen LogP) is 2.76. The van der Waals surface area contributed by atoms with Crippen molar-refractivity contribution in [1.82, 2.24) is 10.3 Å². The summed E-state index contributed by atoms with van der Waals surface area (Å²) in [5.41, 5.74) is 1.04. The quantitative estimate of drug-likeness (QED) is 0.612. The first-order chi connectivity index (χ1) is 9.72. The highest BCUT2D eigenvalue weighted by Crippen LogP contribution is 2.10. The van der Waals surface area contributed by atoms with Crippen LogP contribution >= 0.6 is 0 Å². The molecule has 0 aromatic carbocycles. The molecular weight excluding hydrogens is 252 g/mol. The number of aromatic nitrogens is 1. The molecule has 4 heteroatoms. The lowest BCUT2D eigenvalue weighted by atomic mass is 10.2. The molecule has 1 aromatic heterocycles. The van der Waals surface area contributed by atoms with Crippen LogP contribution in [0.2, 0.25) is 0 Å². The van der Waals surface area contributed by atoms with Crippen molar-refractivity contribution in [2.45, 2.75) is 46.1 Å². The molecule has 1 heterocycles. The summed E-state index contributed by atoms with van der Waals surface area (Å²) in [6.45, 7) is 7.21. The van der Waals surface area contributed by atoms with Crippen LogP contribution in [0, 0.1) is 5.92 Å². The number of aliphatic hydroxyl groups excluding tert-OH is 1. The fraction of sp³-hybridized carbons (Fsp3) is 0.688. The maximum absolute atomic E-state index is 8.67. The van der Waals surface area contributed by atoms with Crippen molar-refractivity contribution in [2.24, 2.45) is 5.92 Å². The maximum Gasteiger partial charge on any atom is 0.137 e. The van der Waals surface area contributed by atoms with E-state index in [-0.39, 0.29) is 6.61 Å². The van der Waals surface area contributed by atoms with Crippen molar-refractivity contribution in [1.29, 1.82) is 0 Å². The van der Waals surface area contributed by atoms with E-state index >= 15 is 0 Å². The van der Waals surface area contributed by atoms with Crippen molar-refractivity contribution >= 4 is 0 Å². The zero-order chi connectivity index (χ0) is 14.6. The van der Waals surface area contributed by atoms with Crippen molar-refractivity contribution in [3.63, 3.8) is 0 Å². The van der Waals surface area contributed by atoms with Gasteiger partial charge >= 0.3 is 0 Å². The second-order valence-corrected chi connectivity index (χ2v) is 5.50. The number of aliphatic hydroxyl groups is 1. The van der Waals surface area contributed by atoms with Crippen LogP contribution in [0.15, 0.2) is 18.3 Å². The number of unbranched alkanes of at least 4 members (excludes halogenated alkanes) is 3. The van der Waals surface area contributed by atoms with E-state index in [1.165, 1.54) is 0 Å². The van der Waals surface area contributed by atoms with Crippen LogP contribution in [0.3, 0.4) is 0 Å². The first-order valence-electron chi connectivity index (χ1n) is 7.61. The highest BCUT2D eigenvalue weighted by Gasteiger charge is 1.98. The second-order valence-electron chi connectivity index (χ2n) is 5.50. The number of pyridine rings is 1. The van der Waals surface area contributed by atoms with Gasteiger partial charge in [-0.25, -0.2) is 0 Å². The van der Waals surface area contributed by atoms with Gasteiger partial charge in [-0.3, -0.25) is 4.98 Å². The summed E-state index contributed by atoms with van der Waals surface area (Å²) < 4.78 is 5.64. The Morgan fingerprint density at radius 3 is 2.65 bits per heavy atom. The molecule has 0 atom stereocenters. The molecule has 1 aromatic rings. The average Bonchev–Trinajstić information content (AvgIpc) is 2.44. The minimum atomic E-state index is 0.289. The van der Waals surface area contributed by atoms with Crippen LogP contribution in [-0.4, -0.2) is 29.8 Å². The number of ether oxygens (including phenoxy) is 1. The molecule has 0 unspecified atom stereocenters. The molecule has 0 aliphatic carbocycles. The monoisotopic (exact) mass is 280 g/mol. The van der Waals surface area contributed by atoms with Crippen LogP contribution in [0.1, 0.15) is 45.2 Å². The number of nitrogens with zero attached hydrogens (tertiary/aromatic N) is 1. The Bertz CT molecular complexity index is 339. The highest BCUT2D eigenvalue weighted by molar-refractivity contribution is 5.19. The standard InChI is InChI=1S/C16H28N2O2/c1-14(2)11-17-12-15-7-8-16(13-18-15)20-10-6-4-3-5-9-19/h7-8,13-14,17,19H,3-6,9-12H2,1-2H3. The normalized spacial score (nSPS) is 11.0. The molecule has 0 fully saturated rings. The van der Waals surface area contributed by atoms with Gasteiger partial charge in [0.05, 0.1) is 18.5 Å². The average molecular weight is 280 g/mol. The van der Waals surface area contributed by atoms with Crippen LogP contribution < -0.4 is 10.1 Å². The predicted molar refractivity (Wildman–Crippen MR) is 81.8 cm³/mol. The summed E-state index contributed by atoms with van der Waals surface area (Å²) in [5, 5.41) is 12.0. The highest BCUT2D eigenvalue weighted by atomic mass is 16.5. The van der Waals surface area contributed by atoms with Crippen LogP contribution in [0.4, 0.5) is 0 Å². The zero-order valence-corrected chi connectivity index (χ0v) is 12.8. The van der Waals surface area contributed by atoms with Crippen molar-refractivity contribution < 1.29 is 9.84 Å². The van der Waals surface area contributed by atoms with E-state index in [0.717, 1.165) is 56.8 Å². The van der Waals surface area contributed by atoms with Gasteiger partial charge in [0.2, 0.25) is 0 Å². The third kappa shape index (κ3) is 8.12. The molecule has 0 aliphatic rings. The zero-order valence-electron chi connectivity index (χ0n) is 12.8. The van der Waals surface area contributed by atoms with Crippen LogP contribution in [0.25, 0.3) is 0 Å². The lowest BCUT2D eigenvalue weighted by Gasteiger charge is -2.08. The molecular formula is C16H28N2O2. The number of hydrogen-bond acceptors (Lipinski definition) is 4. The molecule has 0 saturated carbocycles. The second kappa shape index (κ2) is 10.6. The third-order valence-corrected chi connectivity index (χ3v) is 2.98. The van der Waals surface area contributed by atoms with Gasteiger partial charge in [0.25, 0.3) is 0 Å². The summed E-state index contributed by atoms with van der Waals surface area (Å²) in [7, 11) is 0. The molecule has 1 rings (SSSR count). The fourth-order valence-corrected chi connectivity index (χ4v) is 1.85. The molecule has 0 aliphatic heterocycles. The number of nitrogens with one attached hydrogen (secondary N) is 1. The molecule has 114 valence electrons. The topological polar surface area (TPSA) is 54.4 Å². The lowest BCUT2D eigenvalue weighted by Crippen LogP contribution is -2.19. The van der Waals surface area contributed by atoms with Gasteiger partial charge in [-0.05, 0) is 43.9 Å². The minimum absolute atomic E-state index is 0.289. The first-order valence-corrected chi connectivity index (χ1v) is 7.61. The van der Waals surface area contributed by atoms with E-state index in [2.05, 4.69) is 24.1 Å². The maximum atomic E-state index is 8.67. The van der Waals surface area contributed by atoms with Gasteiger partial charge in [0, 0.05) is 13.2 Å². The van der Waals surface area contributed by atoms with Gasteiger partial charge in [-0.15, -0.1) is 0 Å². The lowest BCUT2D eigenvalue weighted by molar-refractivity contribution is 0.273. The Morgan fingerprint density at radius 2 is 2.00 bits per heavy atom. The smallest absolute Gasteiger partial charge is 0.137 e. The summed E-state index contributed by atoms with van der Waals surface area (Å²) in [5.74, 6) is 1.49.